The highest BCUT2D eigenvalue weighted by molar-refractivity contribution is 9.10. The smallest absolute Gasteiger partial charge is 0.332 e. The number of aryl methyl sites for hydroxylation is 1. The summed E-state index contributed by atoms with van der Waals surface area (Å²) in [6.45, 7) is 1.06. The highest BCUT2D eigenvalue weighted by Gasteiger charge is 2.20. The molecule has 2 aromatic heterocycles. The van der Waals surface area contributed by atoms with Gasteiger partial charge >= 0.3 is 5.69 Å². The van der Waals surface area contributed by atoms with Gasteiger partial charge in [-0.25, -0.2) is 4.79 Å². The molecule has 5 rings (SSSR count). The number of ether oxygens (including phenoxy) is 2. The van der Waals surface area contributed by atoms with Gasteiger partial charge in [0, 0.05) is 25.1 Å². The number of halogens is 1. The lowest BCUT2D eigenvalue weighted by atomic mass is 10.2. The monoisotopic (exact) mass is 497 g/mol. The van der Waals surface area contributed by atoms with Gasteiger partial charge in [0.1, 0.15) is 0 Å². The third kappa shape index (κ3) is 3.36. The van der Waals surface area contributed by atoms with Crippen molar-refractivity contribution in [2.75, 3.05) is 12.1 Å². The Morgan fingerprint density at radius 2 is 1.84 bits per heavy atom. The quantitative estimate of drug-likeness (QED) is 0.455. The number of anilines is 1. The van der Waals surface area contributed by atoms with Gasteiger partial charge in [0.25, 0.3) is 5.56 Å². The van der Waals surface area contributed by atoms with Crippen molar-refractivity contribution in [3.63, 3.8) is 0 Å². The number of hydrogen-bond acceptors (Lipinski definition) is 6. The van der Waals surface area contributed by atoms with Crippen LogP contribution >= 0.6 is 15.9 Å². The minimum Gasteiger partial charge on any atom is -0.454 e. The van der Waals surface area contributed by atoms with Crippen molar-refractivity contribution in [2.45, 2.75) is 13.1 Å². The molecule has 0 amide bonds. The lowest BCUT2D eigenvalue weighted by Gasteiger charge is -2.12. The molecule has 0 saturated heterocycles. The van der Waals surface area contributed by atoms with Crippen LogP contribution in [-0.4, -0.2) is 25.5 Å². The Bertz CT molecular complexity index is 1470. The molecule has 1 N–H and O–H groups in total. The Morgan fingerprint density at radius 1 is 1.06 bits per heavy atom. The van der Waals surface area contributed by atoms with Crippen molar-refractivity contribution in [2.24, 2.45) is 14.1 Å². The van der Waals surface area contributed by atoms with Gasteiger partial charge in [0.15, 0.2) is 22.7 Å². The van der Waals surface area contributed by atoms with E-state index in [1.807, 2.05) is 47.0 Å². The summed E-state index contributed by atoms with van der Waals surface area (Å²) in [6.07, 6.45) is 0. The molecule has 164 valence electrons. The number of imidazole rings is 1. The third-order valence-corrected chi connectivity index (χ3v) is 6.30. The molecule has 0 unspecified atom stereocenters. The van der Waals surface area contributed by atoms with Crippen LogP contribution in [0.3, 0.4) is 0 Å². The highest BCUT2D eigenvalue weighted by atomic mass is 79.9. The number of rotatable bonds is 5. The first kappa shape index (κ1) is 20.4. The molecule has 0 aliphatic carbocycles. The SMILES string of the molecule is Cn1c(=O)c2c(nc(NCc3ccc4c(c3)OCO4)n2Cc2ccccc2Br)n(C)c1=O. The lowest BCUT2D eigenvalue weighted by molar-refractivity contribution is 0.174. The predicted octanol–water partition coefficient (Wildman–Crippen LogP) is 2.59. The molecule has 0 bridgehead atoms. The molecule has 9 nitrogen and oxygen atoms in total. The summed E-state index contributed by atoms with van der Waals surface area (Å²) in [4.78, 5) is 30.1. The summed E-state index contributed by atoms with van der Waals surface area (Å²) < 4.78 is 16.0. The molecule has 32 heavy (non-hydrogen) atoms. The summed E-state index contributed by atoms with van der Waals surface area (Å²) in [5, 5.41) is 3.32. The number of hydrogen-bond donors (Lipinski definition) is 1. The van der Waals surface area contributed by atoms with E-state index in [-0.39, 0.29) is 6.79 Å². The molecule has 4 aromatic rings. The van der Waals surface area contributed by atoms with E-state index in [4.69, 9.17) is 9.47 Å². The zero-order valence-electron chi connectivity index (χ0n) is 17.5. The molecule has 3 heterocycles. The van der Waals surface area contributed by atoms with Gasteiger partial charge in [-0.1, -0.05) is 40.2 Å². The van der Waals surface area contributed by atoms with Crippen LogP contribution < -0.4 is 26.0 Å². The summed E-state index contributed by atoms with van der Waals surface area (Å²) in [5.41, 5.74) is 1.83. The first-order valence-electron chi connectivity index (χ1n) is 9.96. The molecule has 2 aromatic carbocycles. The maximum absolute atomic E-state index is 13.0. The van der Waals surface area contributed by atoms with E-state index < -0.39 is 11.2 Å². The topological polar surface area (TPSA) is 92.3 Å². The van der Waals surface area contributed by atoms with Gasteiger partial charge in [-0.05, 0) is 29.3 Å². The van der Waals surface area contributed by atoms with Crippen LogP contribution in [0.1, 0.15) is 11.1 Å². The molecule has 0 saturated carbocycles. The minimum atomic E-state index is -0.421. The van der Waals surface area contributed by atoms with Crippen molar-refractivity contribution in [1.29, 1.82) is 0 Å². The first-order chi connectivity index (χ1) is 15.4. The average molecular weight is 498 g/mol. The fourth-order valence-corrected chi connectivity index (χ4v) is 4.17. The van der Waals surface area contributed by atoms with Gasteiger partial charge < -0.3 is 14.8 Å². The second-order valence-corrected chi connectivity index (χ2v) is 8.39. The van der Waals surface area contributed by atoms with Gasteiger partial charge in [0.2, 0.25) is 12.7 Å². The van der Waals surface area contributed by atoms with Crippen molar-refractivity contribution >= 4 is 33.0 Å². The number of nitrogens with zero attached hydrogens (tertiary/aromatic N) is 4. The summed E-state index contributed by atoms with van der Waals surface area (Å²) in [7, 11) is 3.08. The second-order valence-electron chi connectivity index (χ2n) is 7.53. The molecule has 1 aliphatic rings. The Balaban J connectivity index is 1.60. The Labute approximate surface area is 191 Å². The van der Waals surface area contributed by atoms with Gasteiger partial charge in [-0.2, -0.15) is 4.98 Å². The number of fused-ring (bicyclic) bond motifs is 2. The normalized spacial score (nSPS) is 12.5. The average Bonchev–Trinajstić information content (AvgIpc) is 3.40. The zero-order chi connectivity index (χ0) is 22.4. The number of benzene rings is 2. The van der Waals surface area contributed by atoms with E-state index in [9.17, 15) is 9.59 Å². The maximum atomic E-state index is 13.0. The van der Waals surface area contributed by atoms with E-state index in [1.54, 1.807) is 7.05 Å². The van der Waals surface area contributed by atoms with Crippen LogP contribution in [0.5, 0.6) is 11.5 Å². The number of aromatic nitrogens is 4. The van der Waals surface area contributed by atoms with Crippen LogP contribution in [0.15, 0.2) is 56.5 Å². The van der Waals surface area contributed by atoms with Crippen molar-refractivity contribution in [3.05, 3.63) is 78.9 Å². The molecule has 0 atom stereocenters. The van der Waals surface area contributed by atoms with E-state index in [0.29, 0.717) is 41.7 Å². The molecular formula is C22H20BrN5O4. The molecule has 1 aliphatic heterocycles. The van der Waals surface area contributed by atoms with Crippen LogP contribution in [0.25, 0.3) is 11.2 Å². The van der Waals surface area contributed by atoms with Crippen LogP contribution in [0, 0.1) is 0 Å². The van der Waals surface area contributed by atoms with Crippen LogP contribution in [0.2, 0.25) is 0 Å². The summed E-state index contributed by atoms with van der Waals surface area (Å²) in [5.74, 6) is 1.91. The first-order valence-corrected chi connectivity index (χ1v) is 10.8. The van der Waals surface area contributed by atoms with E-state index in [0.717, 1.165) is 20.2 Å². The standard InChI is InChI=1S/C22H20BrN5O4/c1-26-19-18(20(29)27(2)22(26)30)28(11-14-5-3-4-6-15(14)23)21(25-19)24-10-13-7-8-16-17(9-13)32-12-31-16/h3-9H,10-12H2,1-2H3,(H,24,25). The number of nitrogens with one attached hydrogen (secondary N) is 1. The van der Waals surface area contributed by atoms with Gasteiger partial charge in [-0.3, -0.25) is 18.5 Å². The van der Waals surface area contributed by atoms with Gasteiger partial charge in [-0.15, -0.1) is 0 Å². The van der Waals surface area contributed by atoms with E-state index in [1.165, 1.54) is 11.6 Å². The fraction of sp³-hybridized carbons (Fsp3) is 0.227. The second kappa shape index (κ2) is 7.86. The lowest BCUT2D eigenvalue weighted by Crippen LogP contribution is -2.37. The third-order valence-electron chi connectivity index (χ3n) is 5.52. The van der Waals surface area contributed by atoms with Crippen molar-refractivity contribution in [3.8, 4) is 11.5 Å². The molecule has 0 spiro atoms. The van der Waals surface area contributed by atoms with Crippen LogP contribution in [-0.2, 0) is 27.2 Å². The van der Waals surface area contributed by atoms with Crippen molar-refractivity contribution in [1.82, 2.24) is 18.7 Å². The van der Waals surface area contributed by atoms with Gasteiger partial charge in [0.05, 0.1) is 6.54 Å². The zero-order valence-corrected chi connectivity index (χ0v) is 19.0. The maximum Gasteiger partial charge on any atom is 0.332 e. The Kier molecular flexibility index (Phi) is 5.01. The highest BCUT2D eigenvalue weighted by Crippen LogP contribution is 2.32. The Morgan fingerprint density at radius 3 is 2.66 bits per heavy atom. The molecule has 0 radical (unpaired) electrons. The molecule has 10 heteroatoms. The molecular weight excluding hydrogens is 478 g/mol. The summed E-state index contributed by atoms with van der Waals surface area (Å²) in [6, 6.07) is 13.5. The fourth-order valence-electron chi connectivity index (χ4n) is 3.76. The van der Waals surface area contributed by atoms with E-state index >= 15 is 0 Å². The predicted molar refractivity (Wildman–Crippen MR) is 123 cm³/mol. The summed E-state index contributed by atoms with van der Waals surface area (Å²) >= 11 is 3.58. The van der Waals surface area contributed by atoms with E-state index in [2.05, 4.69) is 26.2 Å². The Hall–Kier alpha value is -3.53. The molecule has 0 fully saturated rings. The largest absolute Gasteiger partial charge is 0.454 e. The van der Waals surface area contributed by atoms with Crippen LogP contribution in [0.4, 0.5) is 5.95 Å². The minimum absolute atomic E-state index is 0.214. The van der Waals surface area contributed by atoms with Crippen molar-refractivity contribution < 1.29 is 9.47 Å².